The minimum atomic E-state index is -3.53. The molecule has 0 saturated carbocycles. The maximum absolute atomic E-state index is 12.3. The van der Waals surface area contributed by atoms with Crippen LogP contribution >= 0.6 is 11.8 Å². The highest BCUT2D eigenvalue weighted by atomic mass is 32.2. The summed E-state index contributed by atoms with van der Waals surface area (Å²) in [6.45, 7) is 2.25. The van der Waals surface area contributed by atoms with Crippen LogP contribution in [0.5, 0.6) is 0 Å². The number of sulfonamides is 1. The Hall–Kier alpha value is -0.850. The number of hydrogen-bond acceptors (Lipinski definition) is 4. The van der Waals surface area contributed by atoms with Crippen molar-refractivity contribution < 1.29 is 13.2 Å². The lowest BCUT2D eigenvalue weighted by Gasteiger charge is -2.21. The summed E-state index contributed by atoms with van der Waals surface area (Å²) in [7, 11) is -3.53. The van der Waals surface area contributed by atoms with Gasteiger partial charge in [0.15, 0.2) is 5.78 Å². The summed E-state index contributed by atoms with van der Waals surface area (Å²) in [4.78, 5) is 11.9. The molecule has 1 saturated heterocycles. The Morgan fingerprint density at radius 1 is 1.33 bits per heavy atom. The molecule has 0 aliphatic carbocycles. The van der Waals surface area contributed by atoms with Gasteiger partial charge in [0.05, 0.1) is 4.90 Å². The molecule has 1 aromatic rings. The molecule has 1 heterocycles. The van der Waals surface area contributed by atoms with Crippen LogP contribution in [0.15, 0.2) is 29.2 Å². The quantitative estimate of drug-likeness (QED) is 0.816. The van der Waals surface area contributed by atoms with Crippen LogP contribution in [0.3, 0.4) is 0 Å². The van der Waals surface area contributed by atoms with Gasteiger partial charge in [-0.05, 0) is 42.4 Å². The number of ketones is 1. The van der Waals surface area contributed by atoms with E-state index in [-0.39, 0.29) is 10.7 Å². The molecule has 0 amide bonds. The first-order valence-electron chi connectivity index (χ1n) is 7.23. The standard InChI is InChI=1S/C15H21NO3S2/c1-2-15(17)13-4-3-5-14(10-13)21(18,19)16-11-12-6-8-20-9-7-12/h3-5,10,12,16H,2,6-9,11H2,1H3. The second-order valence-electron chi connectivity index (χ2n) is 5.21. The van der Waals surface area contributed by atoms with Crippen LogP contribution in [0.25, 0.3) is 0 Å². The molecule has 2 rings (SSSR count). The molecule has 0 bridgehead atoms. The first-order chi connectivity index (χ1) is 10.0. The zero-order valence-electron chi connectivity index (χ0n) is 12.2. The highest BCUT2D eigenvalue weighted by molar-refractivity contribution is 7.99. The molecule has 1 aliphatic rings. The van der Waals surface area contributed by atoms with E-state index >= 15 is 0 Å². The third-order valence-corrected chi connectivity index (χ3v) is 6.16. The molecule has 21 heavy (non-hydrogen) atoms. The van der Waals surface area contributed by atoms with Crippen molar-refractivity contribution in [3.63, 3.8) is 0 Å². The van der Waals surface area contributed by atoms with Gasteiger partial charge >= 0.3 is 0 Å². The maximum Gasteiger partial charge on any atom is 0.240 e. The van der Waals surface area contributed by atoms with Gasteiger partial charge in [-0.25, -0.2) is 13.1 Å². The molecular weight excluding hydrogens is 306 g/mol. The summed E-state index contributed by atoms with van der Waals surface area (Å²) in [6, 6.07) is 6.27. The van der Waals surface area contributed by atoms with E-state index in [0.717, 1.165) is 24.3 Å². The number of hydrogen-bond donors (Lipinski definition) is 1. The Bertz CT molecular complexity index is 593. The van der Waals surface area contributed by atoms with Gasteiger partial charge in [0.1, 0.15) is 0 Å². The fourth-order valence-corrected chi connectivity index (χ4v) is 4.67. The van der Waals surface area contributed by atoms with Gasteiger partial charge in [-0.2, -0.15) is 11.8 Å². The first-order valence-corrected chi connectivity index (χ1v) is 9.87. The van der Waals surface area contributed by atoms with E-state index < -0.39 is 10.0 Å². The number of benzene rings is 1. The van der Waals surface area contributed by atoms with Crippen LogP contribution in [0.1, 0.15) is 36.5 Å². The van der Waals surface area contributed by atoms with Crippen LogP contribution in [0.4, 0.5) is 0 Å². The lowest BCUT2D eigenvalue weighted by molar-refractivity contribution is 0.0988. The highest BCUT2D eigenvalue weighted by Gasteiger charge is 2.19. The Morgan fingerprint density at radius 2 is 2.05 bits per heavy atom. The van der Waals surface area contributed by atoms with Gasteiger partial charge in [-0.15, -0.1) is 0 Å². The Balaban J connectivity index is 2.06. The summed E-state index contributed by atoms with van der Waals surface area (Å²) in [5.74, 6) is 2.58. The van der Waals surface area contributed by atoms with Gasteiger partial charge in [-0.3, -0.25) is 4.79 Å². The van der Waals surface area contributed by atoms with E-state index in [1.165, 1.54) is 12.1 Å². The van der Waals surface area contributed by atoms with Crippen molar-refractivity contribution in [3.8, 4) is 0 Å². The van der Waals surface area contributed by atoms with Gasteiger partial charge in [0, 0.05) is 18.5 Å². The summed E-state index contributed by atoms with van der Waals surface area (Å²) >= 11 is 1.92. The number of carbonyl (C=O) groups is 1. The normalized spacial score (nSPS) is 16.8. The predicted octanol–water partition coefficient (Wildman–Crippen LogP) is 2.70. The van der Waals surface area contributed by atoms with Crippen molar-refractivity contribution in [2.45, 2.75) is 31.1 Å². The van der Waals surface area contributed by atoms with Gasteiger partial charge < -0.3 is 0 Å². The Morgan fingerprint density at radius 3 is 2.71 bits per heavy atom. The van der Waals surface area contributed by atoms with E-state index in [9.17, 15) is 13.2 Å². The fourth-order valence-electron chi connectivity index (χ4n) is 2.30. The maximum atomic E-state index is 12.3. The van der Waals surface area contributed by atoms with Crippen molar-refractivity contribution >= 4 is 27.6 Å². The zero-order chi connectivity index (χ0) is 15.3. The second-order valence-corrected chi connectivity index (χ2v) is 8.20. The van der Waals surface area contributed by atoms with Gasteiger partial charge in [0.25, 0.3) is 0 Å². The molecule has 0 radical (unpaired) electrons. The molecule has 1 N–H and O–H groups in total. The van der Waals surface area contributed by atoms with Crippen molar-refractivity contribution in [1.82, 2.24) is 4.72 Å². The SMILES string of the molecule is CCC(=O)c1cccc(S(=O)(=O)NCC2CCSCC2)c1. The molecule has 0 spiro atoms. The molecule has 1 aromatic carbocycles. The van der Waals surface area contributed by atoms with Crippen molar-refractivity contribution in [2.75, 3.05) is 18.1 Å². The van der Waals surface area contributed by atoms with Crippen molar-refractivity contribution in [3.05, 3.63) is 29.8 Å². The molecule has 1 fully saturated rings. The fraction of sp³-hybridized carbons (Fsp3) is 0.533. The predicted molar refractivity (Wildman–Crippen MR) is 86.3 cm³/mol. The number of carbonyl (C=O) groups excluding carboxylic acids is 1. The number of rotatable bonds is 6. The summed E-state index contributed by atoms with van der Waals surface area (Å²) < 4.78 is 27.3. The van der Waals surface area contributed by atoms with Crippen LogP contribution in [-0.4, -0.2) is 32.3 Å². The number of nitrogens with one attached hydrogen (secondary N) is 1. The molecule has 6 heteroatoms. The smallest absolute Gasteiger partial charge is 0.240 e. The van der Waals surface area contributed by atoms with Crippen LogP contribution in [-0.2, 0) is 10.0 Å². The lowest BCUT2D eigenvalue weighted by atomic mass is 10.0. The number of Topliss-reactive ketones (excluding diaryl/α,β-unsaturated/α-hetero) is 1. The topological polar surface area (TPSA) is 63.2 Å². The monoisotopic (exact) mass is 327 g/mol. The van der Waals surface area contributed by atoms with E-state index in [1.54, 1.807) is 19.1 Å². The first kappa shape index (κ1) is 16.5. The molecule has 116 valence electrons. The summed E-state index contributed by atoms with van der Waals surface area (Å²) in [6.07, 6.45) is 2.49. The van der Waals surface area contributed by atoms with E-state index in [4.69, 9.17) is 0 Å². The zero-order valence-corrected chi connectivity index (χ0v) is 13.8. The molecule has 0 atom stereocenters. The number of thioether (sulfide) groups is 1. The Kier molecular flexibility index (Phi) is 5.84. The summed E-state index contributed by atoms with van der Waals surface area (Å²) in [5, 5.41) is 0. The minimum Gasteiger partial charge on any atom is -0.294 e. The van der Waals surface area contributed by atoms with Crippen molar-refractivity contribution in [2.24, 2.45) is 5.92 Å². The van der Waals surface area contributed by atoms with Crippen LogP contribution in [0, 0.1) is 5.92 Å². The largest absolute Gasteiger partial charge is 0.294 e. The lowest BCUT2D eigenvalue weighted by Crippen LogP contribution is -2.31. The average Bonchev–Trinajstić information content (AvgIpc) is 2.53. The van der Waals surface area contributed by atoms with E-state index in [0.29, 0.717) is 24.4 Å². The van der Waals surface area contributed by atoms with Gasteiger partial charge in [0.2, 0.25) is 10.0 Å². The molecule has 4 nitrogen and oxygen atoms in total. The minimum absolute atomic E-state index is 0.0450. The van der Waals surface area contributed by atoms with E-state index in [1.807, 2.05) is 11.8 Å². The van der Waals surface area contributed by atoms with Crippen LogP contribution < -0.4 is 4.72 Å². The molecule has 0 unspecified atom stereocenters. The third kappa shape index (κ3) is 4.56. The van der Waals surface area contributed by atoms with Crippen LogP contribution in [0.2, 0.25) is 0 Å². The van der Waals surface area contributed by atoms with E-state index in [2.05, 4.69) is 4.72 Å². The van der Waals surface area contributed by atoms with Gasteiger partial charge in [-0.1, -0.05) is 19.1 Å². The second kappa shape index (κ2) is 7.42. The molecular formula is C15H21NO3S2. The average molecular weight is 327 g/mol. The molecule has 1 aliphatic heterocycles. The summed E-state index contributed by atoms with van der Waals surface area (Å²) in [5.41, 5.74) is 0.453. The molecule has 0 aromatic heterocycles. The third-order valence-electron chi connectivity index (χ3n) is 3.69. The highest BCUT2D eigenvalue weighted by Crippen LogP contribution is 2.22. The van der Waals surface area contributed by atoms with Crippen molar-refractivity contribution in [1.29, 1.82) is 0 Å². The Labute approximate surface area is 130 Å².